The lowest BCUT2D eigenvalue weighted by atomic mass is 9.95. The molecule has 4 aromatic rings. The van der Waals surface area contributed by atoms with Crippen molar-refractivity contribution in [2.45, 2.75) is 52.3 Å². The molecule has 1 fully saturated rings. The van der Waals surface area contributed by atoms with E-state index in [0.29, 0.717) is 23.8 Å². The molecule has 0 bridgehead atoms. The minimum Gasteiger partial charge on any atom is -0.444 e. The number of piperidine rings is 1. The number of rotatable bonds is 6. The summed E-state index contributed by atoms with van der Waals surface area (Å²) in [5.74, 6) is -2.41. The van der Waals surface area contributed by atoms with Crippen LogP contribution in [0.1, 0.15) is 39.8 Å². The lowest BCUT2D eigenvalue weighted by Crippen LogP contribution is -2.51. The molecule has 2 unspecified atom stereocenters. The Balaban J connectivity index is 1.35. The van der Waals surface area contributed by atoms with Crippen molar-refractivity contribution in [3.05, 3.63) is 78.1 Å². The van der Waals surface area contributed by atoms with E-state index in [2.05, 4.69) is 37.4 Å². The number of carbonyl (C=O) groups excluding carboxylic acids is 1. The van der Waals surface area contributed by atoms with Crippen LogP contribution in [0.5, 0.6) is 0 Å². The average Bonchev–Trinajstić information content (AvgIpc) is 2.92. The molecule has 1 amide bonds. The third-order valence-electron chi connectivity index (χ3n) is 6.92. The van der Waals surface area contributed by atoms with Gasteiger partial charge in [-0.25, -0.2) is 22.9 Å². The second kappa shape index (κ2) is 11.8. The molecule has 1 aliphatic rings. The fourth-order valence-corrected chi connectivity index (χ4v) is 5.24. The van der Waals surface area contributed by atoms with Crippen molar-refractivity contribution in [3.63, 3.8) is 0 Å². The van der Waals surface area contributed by atoms with E-state index < -0.39 is 40.4 Å². The lowest BCUT2D eigenvalue weighted by molar-refractivity contribution is 0.0495. The molecule has 0 saturated carbocycles. The van der Waals surface area contributed by atoms with E-state index in [1.165, 1.54) is 24.4 Å². The number of aromatic nitrogens is 3. The monoisotopic (exact) mass is 578 g/mol. The summed E-state index contributed by atoms with van der Waals surface area (Å²) in [4.78, 5) is 27.1. The summed E-state index contributed by atoms with van der Waals surface area (Å²) in [6.45, 7) is 9.06. The van der Waals surface area contributed by atoms with Crippen molar-refractivity contribution >= 4 is 28.4 Å². The van der Waals surface area contributed by atoms with Gasteiger partial charge < -0.3 is 20.3 Å². The summed E-state index contributed by atoms with van der Waals surface area (Å²) in [7, 11) is 0. The third-order valence-corrected chi connectivity index (χ3v) is 6.92. The van der Waals surface area contributed by atoms with Gasteiger partial charge >= 0.3 is 6.09 Å². The highest BCUT2D eigenvalue weighted by molar-refractivity contribution is 5.85. The quantitative estimate of drug-likeness (QED) is 0.271. The average molecular weight is 579 g/mol. The SMILES string of the molecule is CC1CC(NC(=O)OC(C)(C)C)CN(c2ccncc2NCc2ccc(F)c(-c3c(F)cc4ncccc4c3F)n2)C1. The summed E-state index contributed by atoms with van der Waals surface area (Å²) in [6, 6.07) is 8.44. The summed E-state index contributed by atoms with van der Waals surface area (Å²) in [6.07, 6.45) is 5.14. The minimum atomic E-state index is -0.946. The largest absolute Gasteiger partial charge is 0.444 e. The van der Waals surface area contributed by atoms with Crippen molar-refractivity contribution in [1.29, 1.82) is 0 Å². The molecule has 4 heterocycles. The second-order valence-corrected chi connectivity index (χ2v) is 11.6. The van der Waals surface area contributed by atoms with Crippen LogP contribution in [0.4, 0.5) is 29.3 Å². The van der Waals surface area contributed by atoms with Crippen LogP contribution in [0.25, 0.3) is 22.2 Å². The van der Waals surface area contributed by atoms with Gasteiger partial charge in [0.1, 0.15) is 28.7 Å². The van der Waals surface area contributed by atoms with Crippen molar-refractivity contribution in [3.8, 4) is 11.3 Å². The number of halogens is 3. The first kappa shape index (κ1) is 29.1. The Morgan fingerprint density at radius 2 is 1.90 bits per heavy atom. The van der Waals surface area contributed by atoms with Crippen molar-refractivity contribution in [1.82, 2.24) is 20.3 Å². The summed E-state index contributed by atoms with van der Waals surface area (Å²) in [5, 5.41) is 6.34. The Bertz CT molecular complexity index is 1610. The maximum atomic E-state index is 15.3. The highest BCUT2D eigenvalue weighted by Gasteiger charge is 2.29. The fourth-order valence-electron chi connectivity index (χ4n) is 5.24. The smallest absolute Gasteiger partial charge is 0.407 e. The first-order valence-electron chi connectivity index (χ1n) is 13.8. The number of ether oxygens (including phenoxy) is 1. The number of amides is 1. The highest BCUT2D eigenvalue weighted by Crippen LogP contribution is 2.33. The van der Waals surface area contributed by atoms with Crippen LogP contribution in [0.15, 0.2) is 55.0 Å². The molecule has 0 spiro atoms. The molecule has 1 saturated heterocycles. The minimum absolute atomic E-state index is 0.0776. The third kappa shape index (κ3) is 6.56. The molecular weight excluding hydrogens is 545 g/mol. The van der Waals surface area contributed by atoms with Gasteiger partial charge in [-0.05, 0) is 63.4 Å². The molecule has 0 radical (unpaired) electrons. The van der Waals surface area contributed by atoms with E-state index in [9.17, 15) is 13.6 Å². The van der Waals surface area contributed by atoms with Crippen molar-refractivity contribution in [2.24, 2.45) is 5.92 Å². The molecule has 0 aliphatic carbocycles. The Labute approximate surface area is 242 Å². The predicted molar refractivity (Wildman–Crippen MR) is 156 cm³/mol. The fraction of sp³-hybridized carbons (Fsp3) is 0.355. The maximum absolute atomic E-state index is 15.3. The number of nitrogens with zero attached hydrogens (tertiary/aromatic N) is 4. The number of benzene rings is 1. The van der Waals surface area contributed by atoms with Crippen LogP contribution in [-0.4, -0.2) is 45.8 Å². The number of nitrogens with one attached hydrogen (secondary N) is 2. The Morgan fingerprint density at radius 3 is 2.69 bits per heavy atom. The van der Waals surface area contributed by atoms with Gasteiger partial charge in [-0.2, -0.15) is 0 Å². The molecule has 2 atom stereocenters. The Hall–Kier alpha value is -4.41. The molecule has 42 heavy (non-hydrogen) atoms. The zero-order valence-electron chi connectivity index (χ0n) is 23.9. The van der Waals surface area contributed by atoms with E-state index in [4.69, 9.17) is 4.74 Å². The van der Waals surface area contributed by atoms with E-state index in [1.807, 2.05) is 26.8 Å². The van der Waals surface area contributed by atoms with E-state index >= 15 is 4.39 Å². The Morgan fingerprint density at radius 1 is 1.10 bits per heavy atom. The van der Waals surface area contributed by atoms with Gasteiger partial charge in [0.2, 0.25) is 0 Å². The molecule has 1 aliphatic heterocycles. The first-order chi connectivity index (χ1) is 20.0. The zero-order valence-corrected chi connectivity index (χ0v) is 23.9. The van der Waals surface area contributed by atoms with Gasteiger partial charge in [0, 0.05) is 43.0 Å². The standard InChI is InChI=1S/C31H33F3N6O2/c1-18-12-20(39-30(41)42-31(2,3)4)17-40(16-18)26-9-11-35-15-25(26)37-14-19-7-8-22(32)29(38-19)27-23(33)13-24-21(28(27)34)6-5-10-36-24/h5-11,13,15,18,20,37H,12,14,16-17H2,1-4H3,(H,39,41). The molecule has 5 rings (SSSR count). The number of hydrogen-bond acceptors (Lipinski definition) is 7. The number of hydrogen-bond donors (Lipinski definition) is 2. The van der Waals surface area contributed by atoms with Crippen molar-refractivity contribution in [2.75, 3.05) is 23.3 Å². The van der Waals surface area contributed by atoms with Crippen LogP contribution < -0.4 is 15.5 Å². The summed E-state index contributed by atoms with van der Waals surface area (Å²) < 4.78 is 50.6. The van der Waals surface area contributed by atoms with Gasteiger partial charge in [0.15, 0.2) is 0 Å². The molecule has 1 aromatic carbocycles. The zero-order chi connectivity index (χ0) is 30.0. The first-order valence-corrected chi connectivity index (χ1v) is 13.8. The van der Waals surface area contributed by atoms with Crippen LogP contribution >= 0.6 is 0 Å². The van der Waals surface area contributed by atoms with Crippen LogP contribution in [0.3, 0.4) is 0 Å². The van der Waals surface area contributed by atoms with Gasteiger partial charge in [0.05, 0.1) is 40.9 Å². The van der Waals surface area contributed by atoms with Crippen LogP contribution in [-0.2, 0) is 11.3 Å². The molecule has 8 nitrogen and oxygen atoms in total. The second-order valence-electron chi connectivity index (χ2n) is 11.6. The number of anilines is 2. The van der Waals surface area contributed by atoms with E-state index in [0.717, 1.165) is 30.8 Å². The van der Waals surface area contributed by atoms with Gasteiger partial charge in [-0.15, -0.1) is 0 Å². The predicted octanol–water partition coefficient (Wildman–Crippen LogP) is 6.46. The number of pyridine rings is 3. The number of carbonyl (C=O) groups is 1. The summed E-state index contributed by atoms with van der Waals surface area (Å²) >= 11 is 0. The molecule has 220 valence electrons. The topological polar surface area (TPSA) is 92.3 Å². The Kier molecular flexibility index (Phi) is 8.20. The van der Waals surface area contributed by atoms with E-state index in [-0.39, 0.29) is 23.5 Å². The lowest BCUT2D eigenvalue weighted by Gasteiger charge is -2.39. The maximum Gasteiger partial charge on any atom is 0.407 e. The van der Waals surface area contributed by atoms with Crippen LogP contribution in [0, 0.1) is 23.4 Å². The van der Waals surface area contributed by atoms with E-state index in [1.54, 1.807) is 12.4 Å². The molecular formula is C31H33F3N6O2. The number of alkyl carbamates (subject to hydrolysis) is 1. The van der Waals surface area contributed by atoms with Gasteiger partial charge in [-0.3, -0.25) is 9.97 Å². The van der Waals surface area contributed by atoms with Gasteiger partial charge in [-0.1, -0.05) is 6.92 Å². The normalized spacial score (nSPS) is 17.3. The summed E-state index contributed by atoms with van der Waals surface area (Å²) in [5.41, 5.74) is 0.532. The molecule has 3 aromatic heterocycles. The van der Waals surface area contributed by atoms with Crippen LogP contribution in [0.2, 0.25) is 0 Å². The number of fused-ring (bicyclic) bond motifs is 1. The highest BCUT2D eigenvalue weighted by atomic mass is 19.1. The van der Waals surface area contributed by atoms with Gasteiger partial charge in [0.25, 0.3) is 0 Å². The molecule has 2 N–H and O–H groups in total. The molecule has 11 heteroatoms. The van der Waals surface area contributed by atoms with Crippen molar-refractivity contribution < 1.29 is 22.7 Å².